The van der Waals surface area contributed by atoms with Crippen LogP contribution in [0.25, 0.3) is 0 Å². The van der Waals surface area contributed by atoms with E-state index in [0.29, 0.717) is 16.9 Å². The Morgan fingerprint density at radius 3 is 2.33 bits per heavy atom. The Hall–Kier alpha value is -1.11. The lowest BCUT2D eigenvalue weighted by Crippen LogP contribution is -2.20. The van der Waals surface area contributed by atoms with Crippen molar-refractivity contribution in [2.24, 2.45) is 0 Å². The van der Waals surface area contributed by atoms with Gasteiger partial charge in [0, 0.05) is 0 Å². The van der Waals surface area contributed by atoms with Crippen molar-refractivity contribution in [2.75, 3.05) is 7.11 Å². The number of rotatable bonds is 3. The molecule has 0 aliphatic carbocycles. The van der Waals surface area contributed by atoms with Crippen LogP contribution in [-0.2, 0) is 10.0 Å². The van der Waals surface area contributed by atoms with E-state index < -0.39 is 10.0 Å². The minimum absolute atomic E-state index is 0.0447. The number of benzene rings is 1. The van der Waals surface area contributed by atoms with Crippen LogP contribution in [0.5, 0.6) is 5.75 Å². The Morgan fingerprint density at radius 2 is 1.87 bits per heavy atom. The maximum absolute atomic E-state index is 11.4. The highest BCUT2D eigenvalue weighted by Crippen LogP contribution is 2.25. The monoisotopic (exact) mass is 231 g/mol. The van der Waals surface area contributed by atoms with E-state index >= 15 is 0 Å². The molecule has 0 spiro atoms. The van der Waals surface area contributed by atoms with Crippen LogP contribution < -0.4 is 9.62 Å². The van der Waals surface area contributed by atoms with Gasteiger partial charge in [-0.05, 0) is 37.1 Å². The van der Waals surface area contributed by atoms with E-state index in [4.69, 9.17) is 9.94 Å². The first-order chi connectivity index (χ1) is 6.92. The molecule has 1 rings (SSSR count). The molecule has 0 amide bonds. The number of hydrogen-bond donors (Lipinski definition) is 2. The zero-order valence-electron chi connectivity index (χ0n) is 8.73. The van der Waals surface area contributed by atoms with Crippen molar-refractivity contribution in [3.63, 3.8) is 0 Å². The van der Waals surface area contributed by atoms with Gasteiger partial charge in [0.05, 0.1) is 12.0 Å². The summed E-state index contributed by atoms with van der Waals surface area (Å²) < 4.78 is 27.8. The van der Waals surface area contributed by atoms with Crippen molar-refractivity contribution in [1.29, 1.82) is 0 Å². The third-order valence-electron chi connectivity index (χ3n) is 2.10. The van der Waals surface area contributed by atoms with Crippen LogP contribution in [-0.4, -0.2) is 20.7 Å². The second-order valence-corrected chi connectivity index (χ2v) is 4.81. The molecular formula is C9H13NO4S. The molecule has 1 aromatic carbocycles. The SMILES string of the molecule is COc1cc(C)c(S(=O)(=O)NO)cc1C. The molecule has 0 aliphatic heterocycles. The summed E-state index contributed by atoms with van der Waals surface area (Å²) in [6.07, 6.45) is 0. The average Bonchev–Trinajstić information content (AvgIpc) is 2.20. The summed E-state index contributed by atoms with van der Waals surface area (Å²) in [5.41, 5.74) is 1.20. The molecule has 0 heterocycles. The number of sulfonamides is 1. The van der Waals surface area contributed by atoms with E-state index in [9.17, 15) is 8.42 Å². The summed E-state index contributed by atoms with van der Waals surface area (Å²) in [5, 5.41) is 8.52. The summed E-state index contributed by atoms with van der Waals surface area (Å²) in [5.74, 6) is 0.615. The third kappa shape index (κ3) is 2.28. The van der Waals surface area contributed by atoms with Crippen molar-refractivity contribution >= 4 is 10.0 Å². The van der Waals surface area contributed by atoms with E-state index in [2.05, 4.69) is 0 Å². The van der Waals surface area contributed by atoms with Crippen molar-refractivity contribution in [3.8, 4) is 5.75 Å². The molecular weight excluding hydrogens is 218 g/mol. The maximum Gasteiger partial charge on any atom is 0.262 e. The van der Waals surface area contributed by atoms with Crippen molar-refractivity contribution < 1.29 is 18.4 Å². The molecule has 2 N–H and O–H groups in total. The Balaban J connectivity index is 3.41. The zero-order chi connectivity index (χ0) is 11.6. The fourth-order valence-electron chi connectivity index (χ4n) is 1.32. The van der Waals surface area contributed by atoms with Gasteiger partial charge in [-0.1, -0.05) is 4.89 Å². The van der Waals surface area contributed by atoms with E-state index in [0.717, 1.165) is 0 Å². The normalized spacial score (nSPS) is 11.5. The van der Waals surface area contributed by atoms with E-state index in [1.165, 1.54) is 18.1 Å². The van der Waals surface area contributed by atoms with Crippen LogP contribution in [0.4, 0.5) is 0 Å². The summed E-state index contributed by atoms with van der Waals surface area (Å²) in [6, 6.07) is 3.06. The summed E-state index contributed by atoms with van der Waals surface area (Å²) in [4.78, 5) is 1.34. The highest BCUT2D eigenvalue weighted by Gasteiger charge is 2.17. The molecule has 0 unspecified atom stereocenters. The van der Waals surface area contributed by atoms with Gasteiger partial charge in [-0.25, -0.2) is 8.42 Å². The molecule has 0 radical (unpaired) electrons. The van der Waals surface area contributed by atoms with Crippen molar-refractivity contribution in [1.82, 2.24) is 4.89 Å². The topological polar surface area (TPSA) is 75.6 Å². The lowest BCUT2D eigenvalue weighted by molar-refractivity contribution is 0.242. The second-order valence-electron chi connectivity index (χ2n) is 3.18. The van der Waals surface area contributed by atoms with Gasteiger partial charge in [-0.3, -0.25) is 0 Å². The largest absolute Gasteiger partial charge is 0.496 e. The molecule has 0 fully saturated rings. The number of methoxy groups -OCH3 is 1. The minimum Gasteiger partial charge on any atom is -0.496 e. The Kier molecular flexibility index (Phi) is 3.33. The molecule has 15 heavy (non-hydrogen) atoms. The van der Waals surface area contributed by atoms with Gasteiger partial charge in [-0.15, -0.1) is 0 Å². The summed E-state index contributed by atoms with van der Waals surface area (Å²) >= 11 is 0. The first kappa shape index (κ1) is 12.0. The van der Waals surface area contributed by atoms with Gasteiger partial charge in [0.15, 0.2) is 0 Å². The van der Waals surface area contributed by atoms with Crippen LogP contribution in [0.3, 0.4) is 0 Å². The molecule has 0 atom stereocenters. The standard InChI is InChI=1S/C9H13NO4S/c1-6-5-9(15(12,13)10-11)7(2)4-8(6)14-3/h4-5,10-11H,1-3H3. The maximum atomic E-state index is 11.4. The molecule has 0 aliphatic rings. The number of hydrogen-bond acceptors (Lipinski definition) is 4. The van der Waals surface area contributed by atoms with E-state index in [-0.39, 0.29) is 4.90 Å². The Labute approximate surface area is 88.7 Å². The Morgan fingerprint density at radius 1 is 1.27 bits per heavy atom. The first-order valence-electron chi connectivity index (χ1n) is 4.23. The number of ether oxygens (including phenoxy) is 1. The van der Waals surface area contributed by atoms with Gasteiger partial charge < -0.3 is 9.94 Å². The van der Waals surface area contributed by atoms with Gasteiger partial charge >= 0.3 is 0 Å². The van der Waals surface area contributed by atoms with Crippen LogP contribution in [0.1, 0.15) is 11.1 Å². The minimum atomic E-state index is -3.83. The number of aryl methyl sites for hydroxylation is 2. The van der Waals surface area contributed by atoms with Gasteiger partial charge in [0.1, 0.15) is 5.75 Å². The molecule has 0 aromatic heterocycles. The summed E-state index contributed by atoms with van der Waals surface area (Å²) in [7, 11) is -2.31. The van der Waals surface area contributed by atoms with Crippen molar-refractivity contribution in [3.05, 3.63) is 23.3 Å². The highest BCUT2D eigenvalue weighted by molar-refractivity contribution is 7.89. The predicted octanol–water partition coefficient (Wildman–Crippen LogP) is 0.980. The van der Waals surface area contributed by atoms with Crippen molar-refractivity contribution in [2.45, 2.75) is 18.7 Å². The summed E-state index contributed by atoms with van der Waals surface area (Å²) in [6.45, 7) is 3.36. The molecule has 5 nitrogen and oxygen atoms in total. The van der Waals surface area contributed by atoms with Gasteiger partial charge in [0.25, 0.3) is 10.0 Å². The molecule has 0 bridgehead atoms. The fraction of sp³-hybridized carbons (Fsp3) is 0.333. The lowest BCUT2D eigenvalue weighted by atomic mass is 10.1. The molecule has 6 heteroatoms. The molecule has 0 saturated heterocycles. The Bertz CT molecular complexity index is 467. The second kappa shape index (κ2) is 4.18. The van der Waals surface area contributed by atoms with Crippen LogP contribution >= 0.6 is 0 Å². The van der Waals surface area contributed by atoms with E-state index in [1.807, 2.05) is 0 Å². The van der Waals surface area contributed by atoms with Crippen LogP contribution in [0.15, 0.2) is 17.0 Å². The van der Waals surface area contributed by atoms with Gasteiger partial charge in [-0.2, -0.15) is 0 Å². The third-order valence-corrected chi connectivity index (χ3v) is 3.36. The highest BCUT2D eigenvalue weighted by atomic mass is 32.2. The zero-order valence-corrected chi connectivity index (χ0v) is 9.55. The van der Waals surface area contributed by atoms with Crippen LogP contribution in [0, 0.1) is 13.8 Å². The molecule has 1 aromatic rings. The smallest absolute Gasteiger partial charge is 0.262 e. The fourth-order valence-corrected chi connectivity index (χ4v) is 2.23. The molecule has 0 saturated carbocycles. The first-order valence-corrected chi connectivity index (χ1v) is 5.72. The predicted molar refractivity (Wildman–Crippen MR) is 54.6 cm³/mol. The van der Waals surface area contributed by atoms with E-state index in [1.54, 1.807) is 19.9 Å². The number of nitrogens with one attached hydrogen (secondary N) is 1. The van der Waals surface area contributed by atoms with Gasteiger partial charge in [0.2, 0.25) is 0 Å². The average molecular weight is 231 g/mol. The van der Waals surface area contributed by atoms with Crippen LogP contribution in [0.2, 0.25) is 0 Å². The lowest BCUT2D eigenvalue weighted by Gasteiger charge is -2.10. The molecule has 84 valence electrons. The quantitative estimate of drug-likeness (QED) is 0.760.